The van der Waals surface area contributed by atoms with Crippen molar-refractivity contribution in [3.05, 3.63) is 0 Å². The van der Waals surface area contributed by atoms with E-state index in [1.165, 1.54) is 0 Å². The average Bonchev–Trinajstić information content (AvgIpc) is 1.63. The van der Waals surface area contributed by atoms with Crippen LogP contribution in [-0.2, 0) is 4.18 Å². The lowest BCUT2D eigenvalue weighted by Gasteiger charge is -2.08. The third kappa shape index (κ3) is 9.15. The second-order valence-electron chi connectivity index (χ2n) is 0.919. The Kier molecular flexibility index (Phi) is 5.51. The molecule has 0 rings (SSSR count). The molecule has 0 saturated carbocycles. The zero-order chi connectivity index (χ0) is 7.33. The number of hydrogen-bond donors (Lipinski definition) is 0. The lowest BCUT2D eigenvalue weighted by molar-refractivity contribution is -0.266. The van der Waals surface area contributed by atoms with Gasteiger partial charge in [0.05, 0.1) is 0 Å². The first-order valence-corrected chi connectivity index (χ1v) is 8.48. The van der Waals surface area contributed by atoms with Crippen molar-refractivity contribution >= 4 is 42.4 Å². The highest BCUT2D eigenvalue weighted by molar-refractivity contribution is 9.23. The molecule has 9 heavy (non-hydrogen) atoms. The first-order valence-electron chi connectivity index (χ1n) is 1.76. The number of rotatable bonds is 3. The van der Waals surface area contributed by atoms with Gasteiger partial charge in [-0.05, 0) is 0 Å². The molecule has 64 valence electrons. The fourth-order valence-corrected chi connectivity index (χ4v) is 3.60. The first-order chi connectivity index (χ1) is 4.06. The standard InChI is InChI=1S/CH9F3OS4/c2-1(3,4)5-7-9-8-6/h7-9H2,6H3. The van der Waals surface area contributed by atoms with Crippen LogP contribution in [0.2, 0.25) is 0 Å². The number of halogens is 3. The molecule has 8 heteroatoms. The van der Waals surface area contributed by atoms with Crippen molar-refractivity contribution < 1.29 is 17.4 Å². The predicted molar refractivity (Wildman–Crippen MR) is 50.1 cm³/mol. The van der Waals surface area contributed by atoms with E-state index >= 15 is 0 Å². The fourth-order valence-electron chi connectivity index (χ4n) is 0.113. The summed E-state index contributed by atoms with van der Waals surface area (Å²) in [6.45, 7) is 0. The van der Waals surface area contributed by atoms with Crippen molar-refractivity contribution in [1.82, 2.24) is 0 Å². The van der Waals surface area contributed by atoms with Gasteiger partial charge in [0, 0.05) is 0 Å². The van der Waals surface area contributed by atoms with Crippen LogP contribution in [0.25, 0.3) is 0 Å². The zero-order valence-electron chi connectivity index (χ0n) is 4.12. The van der Waals surface area contributed by atoms with Gasteiger partial charge in [0.2, 0.25) is 0 Å². The monoisotopic (exact) mass is 222 g/mol. The van der Waals surface area contributed by atoms with Gasteiger partial charge >= 0.3 is 6.36 Å². The summed E-state index contributed by atoms with van der Waals surface area (Å²) in [6, 6.07) is 0. The molecule has 0 aromatic heterocycles. The van der Waals surface area contributed by atoms with Crippen LogP contribution in [0.15, 0.2) is 0 Å². The molecular formula is CH9F3OS4. The van der Waals surface area contributed by atoms with E-state index in [-0.39, 0.29) is 9.83 Å². The molecule has 0 unspecified atom stereocenters. The fraction of sp³-hybridized carbons (Fsp3) is 1.00. The minimum Gasteiger partial charge on any atom is -0.244 e. The molecule has 0 N–H and O–H groups in total. The zero-order valence-corrected chi connectivity index (χ0v) is 8.27. The molecule has 0 amide bonds. The van der Waals surface area contributed by atoms with Crippen molar-refractivity contribution in [3.63, 3.8) is 0 Å². The maximum absolute atomic E-state index is 11.2. The van der Waals surface area contributed by atoms with Crippen LogP contribution in [-0.4, -0.2) is 6.36 Å². The third-order valence-corrected chi connectivity index (χ3v) is 8.03. The van der Waals surface area contributed by atoms with Crippen LogP contribution in [0.5, 0.6) is 0 Å². The van der Waals surface area contributed by atoms with Crippen LogP contribution in [0.4, 0.5) is 13.2 Å². The molecule has 0 aromatic carbocycles. The second kappa shape index (κ2) is 4.89. The van der Waals surface area contributed by atoms with Crippen molar-refractivity contribution in [2.75, 3.05) is 0 Å². The highest BCUT2D eigenvalue weighted by Gasteiger charge is 2.28. The van der Waals surface area contributed by atoms with Gasteiger partial charge in [-0.15, -0.1) is 24.2 Å². The Hall–Kier alpha value is 1.15. The molecule has 0 atom stereocenters. The van der Waals surface area contributed by atoms with Gasteiger partial charge in [-0.3, -0.25) is 0 Å². The molecule has 0 spiro atoms. The summed E-state index contributed by atoms with van der Waals surface area (Å²) in [5.41, 5.74) is 0. The Morgan fingerprint density at radius 3 is 2.22 bits per heavy atom. The van der Waals surface area contributed by atoms with Crippen LogP contribution >= 0.6 is 42.4 Å². The summed E-state index contributed by atoms with van der Waals surface area (Å²) < 4.78 is 37.0. The van der Waals surface area contributed by atoms with Gasteiger partial charge in [-0.2, -0.15) is 9.83 Å². The smallest absolute Gasteiger partial charge is 0.244 e. The Morgan fingerprint density at radius 1 is 1.33 bits per heavy atom. The summed E-state index contributed by atoms with van der Waals surface area (Å²) in [7, 11) is 0.740. The van der Waals surface area contributed by atoms with Crippen LogP contribution in [0, 0.1) is 0 Å². The van der Waals surface area contributed by atoms with Gasteiger partial charge in [0.1, 0.15) is 0 Å². The lowest BCUT2D eigenvalue weighted by atomic mass is 11.4. The largest absolute Gasteiger partial charge is 0.532 e. The van der Waals surface area contributed by atoms with Crippen LogP contribution in [0.3, 0.4) is 0 Å². The molecule has 0 heterocycles. The van der Waals surface area contributed by atoms with E-state index in [0.717, 1.165) is 0 Å². The Bertz CT molecular complexity index is 72.7. The minimum absolute atomic E-state index is 0.265. The van der Waals surface area contributed by atoms with Crippen LogP contribution < -0.4 is 0 Å². The highest BCUT2D eigenvalue weighted by atomic mass is 33.7. The maximum Gasteiger partial charge on any atom is 0.532 e. The predicted octanol–water partition coefficient (Wildman–Crippen LogP) is 1.17. The van der Waals surface area contributed by atoms with Crippen molar-refractivity contribution in [3.8, 4) is 0 Å². The van der Waals surface area contributed by atoms with Gasteiger partial charge < -0.3 is 0 Å². The first kappa shape index (κ1) is 10.2. The Morgan fingerprint density at radius 2 is 1.89 bits per heavy atom. The molecule has 0 bridgehead atoms. The summed E-state index contributed by atoms with van der Waals surface area (Å²) in [5, 5.41) is 0. The normalized spacial score (nSPS) is 19.2. The second-order valence-corrected chi connectivity index (χ2v) is 8.94. The molecule has 0 saturated heterocycles. The topological polar surface area (TPSA) is 9.23 Å². The highest BCUT2D eigenvalue weighted by Crippen LogP contribution is 2.40. The van der Waals surface area contributed by atoms with E-state index < -0.39 is 17.4 Å². The van der Waals surface area contributed by atoms with E-state index in [2.05, 4.69) is 15.8 Å². The molecule has 0 aliphatic carbocycles. The van der Waals surface area contributed by atoms with Gasteiger partial charge in [-0.1, -0.05) is 0 Å². The average molecular weight is 222 g/mol. The van der Waals surface area contributed by atoms with E-state index in [9.17, 15) is 13.2 Å². The number of hydrogen-bond acceptors (Lipinski definition) is 1. The summed E-state index contributed by atoms with van der Waals surface area (Å²) in [6.07, 6.45) is -4.43. The summed E-state index contributed by atoms with van der Waals surface area (Å²) in [4.78, 5) is 0. The van der Waals surface area contributed by atoms with E-state index in [0.29, 0.717) is 9.83 Å². The van der Waals surface area contributed by atoms with Gasteiger partial charge in [0.15, 0.2) is 0 Å². The SMILES string of the molecule is FC(F)(F)O[SH2][SH2][SH2][SH3]. The molecule has 1 nitrogen and oxygen atoms in total. The molecular weight excluding hydrogens is 213 g/mol. The Labute approximate surface area is 66.3 Å². The maximum atomic E-state index is 11.2. The van der Waals surface area contributed by atoms with Gasteiger partial charge in [-0.25, -0.2) is 25.7 Å². The van der Waals surface area contributed by atoms with Crippen LogP contribution in [0.1, 0.15) is 0 Å². The van der Waals surface area contributed by atoms with E-state index in [1.807, 2.05) is 0 Å². The molecule has 0 aliphatic rings. The van der Waals surface area contributed by atoms with E-state index in [4.69, 9.17) is 0 Å². The quantitative estimate of drug-likeness (QED) is 0.514. The summed E-state index contributed by atoms with van der Waals surface area (Å²) in [5.74, 6) is 0. The summed E-state index contributed by atoms with van der Waals surface area (Å²) >= 11 is 1.95. The van der Waals surface area contributed by atoms with Crippen molar-refractivity contribution in [2.24, 2.45) is 0 Å². The van der Waals surface area contributed by atoms with E-state index in [1.54, 1.807) is 0 Å². The molecule has 0 fully saturated rings. The van der Waals surface area contributed by atoms with Gasteiger partial charge in [0.25, 0.3) is 0 Å². The molecule has 0 aliphatic heterocycles. The van der Waals surface area contributed by atoms with Crippen molar-refractivity contribution in [2.45, 2.75) is 6.36 Å². The lowest BCUT2D eigenvalue weighted by Crippen LogP contribution is -2.06. The number of alkyl halides is 3. The van der Waals surface area contributed by atoms with Crippen molar-refractivity contribution in [1.29, 1.82) is 0 Å². The minimum atomic E-state index is -4.43. The third-order valence-electron chi connectivity index (χ3n) is 0.290. The molecule has 0 radical (unpaired) electrons. The molecule has 0 aromatic rings. The Balaban J connectivity index is 3.07.